The van der Waals surface area contributed by atoms with Gasteiger partial charge >= 0.3 is 5.97 Å². The van der Waals surface area contributed by atoms with Gasteiger partial charge in [0.25, 0.3) is 5.91 Å². The second kappa shape index (κ2) is 6.79. The molecule has 4 nitrogen and oxygen atoms in total. The van der Waals surface area contributed by atoms with Crippen LogP contribution in [0.4, 0.5) is 0 Å². The standard InChI is InChI=1S/C15H19NO3S/c1-20-13-7-3-2-6-12(13)15(19)16-8-4-5-11(10-16)9-14(17)18/h2-3,6-7,11H,4-5,8-10H2,1H3,(H,17,18). The average molecular weight is 293 g/mol. The van der Waals surface area contributed by atoms with E-state index < -0.39 is 5.97 Å². The van der Waals surface area contributed by atoms with Gasteiger partial charge in [-0.3, -0.25) is 9.59 Å². The zero-order valence-corrected chi connectivity index (χ0v) is 12.4. The van der Waals surface area contributed by atoms with E-state index in [1.165, 1.54) is 0 Å². The highest BCUT2D eigenvalue weighted by Crippen LogP contribution is 2.25. The number of carbonyl (C=O) groups excluding carboxylic acids is 1. The first-order valence-corrected chi connectivity index (χ1v) is 7.98. The highest BCUT2D eigenvalue weighted by Gasteiger charge is 2.26. The first kappa shape index (κ1) is 14.9. The number of carboxylic acids is 1. The van der Waals surface area contributed by atoms with Crippen LogP contribution in [0.3, 0.4) is 0 Å². The lowest BCUT2D eigenvalue weighted by molar-refractivity contribution is -0.138. The van der Waals surface area contributed by atoms with E-state index in [-0.39, 0.29) is 18.2 Å². The molecule has 108 valence electrons. The lowest BCUT2D eigenvalue weighted by Gasteiger charge is -2.32. The van der Waals surface area contributed by atoms with Gasteiger partial charge < -0.3 is 10.0 Å². The van der Waals surface area contributed by atoms with Crippen molar-refractivity contribution in [1.29, 1.82) is 0 Å². The Bertz CT molecular complexity index is 504. The van der Waals surface area contributed by atoms with Crippen LogP contribution in [0.25, 0.3) is 0 Å². The zero-order chi connectivity index (χ0) is 14.5. The van der Waals surface area contributed by atoms with Gasteiger partial charge in [0.1, 0.15) is 0 Å². The molecule has 0 bridgehead atoms. The van der Waals surface area contributed by atoms with Crippen molar-refractivity contribution in [2.45, 2.75) is 24.2 Å². The molecule has 0 aromatic heterocycles. The van der Waals surface area contributed by atoms with Crippen LogP contribution in [-0.4, -0.2) is 41.2 Å². The molecule has 1 aromatic carbocycles. The summed E-state index contributed by atoms with van der Waals surface area (Å²) in [5.74, 6) is -0.689. The van der Waals surface area contributed by atoms with Crippen LogP contribution in [0.2, 0.25) is 0 Å². The number of amides is 1. The quantitative estimate of drug-likeness (QED) is 0.867. The SMILES string of the molecule is CSc1ccccc1C(=O)N1CCCC(CC(=O)O)C1. The highest BCUT2D eigenvalue weighted by molar-refractivity contribution is 7.98. The molecule has 1 aromatic rings. The van der Waals surface area contributed by atoms with Crippen LogP contribution in [0.15, 0.2) is 29.2 Å². The van der Waals surface area contributed by atoms with Crippen molar-refractivity contribution in [2.24, 2.45) is 5.92 Å². The van der Waals surface area contributed by atoms with Gasteiger partial charge in [-0.25, -0.2) is 0 Å². The minimum atomic E-state index is -0.784. The Labute approximate surface area is 123 Å². The van der Waals surface area contributed by atoms with E-state index in [1.54, 1.807) is 16.7 Å². The van der Waals surface area contributed by atoms with Crippen molar-refractivity contribution < 1.29 is 14.7 Å². The number of hydrogen-bond acceptors (Lipinski definition) is 3. The summed E-state index contributed by atoms with van der Waals surface area (Å²) in [5, 5.41) is 8.88. The molecule has 1 unspecified atom stereocenters. The predicted octanol–water partition coefficient (Wildman–Crippen LogP) is 2.74. The molecule has 1 N–H and O–H groups in total. The summed E-state index contributed by atoms with van der Waals surface area (Å²) in [4.78, 5) is 26.2. The highest BCUT2D eigenvalue weighted by atomic mass is 32.2. The summed E-state index contributed by atoms with van der Waals surface area (Å²) in [6.07, 6.45) is 3.87. The fourth-order valence-electron chi connectivity index (χ4n) is 2.65. The molecule has 1 atom stereocenters. The van der Waals surface area contributed by atoms with Crippen molar-refractivity contribution >= 4 is 23.6 Å². The number of thioether (sulfide) groups is 1. The van der Waals surface area contributed by atoms with Gasteiger partial charge in [0.15, 0.2) is 0 Å². The molecular formula is C15H19NO3S. The van der Waals surface area contributed by atoms with Crippen LogP contribution in [-0.2, 0) is 4.79 Å². The lowest BCUT2D eigenvalue weighted by atomic mass is 9.94. The van der Waals surface area contributed by atoms with E-state index in [1.807, 2.05) is 30.5 Å². The first-order valence-electron chi connectivity index (χ1n) is 6.76. The number of likely N-dealkylation sites (tertiary alicyclic amines) is 1. The van der Waals surface area contributed by atoms with Gasteiger partial charge in [-0.05, 0) is 37.1 Å². The summed E-state index contributed by atoms with van der Waals surface area (Å²) < 4.78 is 0. The maximum absolute atomic E-state index is 12.6. The number of piperidine rings is 1. The molecule has 1 aliphatic heterocycles. The summed E-state index contributed by atoms with van der Waals surface area (Å²) >= 11 is 1.56. The largest absolute Gasteiger partial charge is 0.481 e. The minimum absolute atomic E-state index is 0.0186. The molecule has 1 heterocycles. The number of benzene rings is 1. The molecular weight excluding hydrogens is 274 g/mol. The summed E-state index contributed by atoms with van der Waals surface area (Å²) in [6.45, 7) is 1.27. The second-order valence-corrected chi connectivity index (χ2v) is 5.91. The van der Waals surface area contributed by atoms with E-state index in [4.69, 9.17) is 5.11 Å². The number of rotatable bonds is 4. The molecule has 2 rings (SSSR count). The summed E-state index contributed by atoms with van der Waals surface area (Å²) in [5.41, 5.74) is 0.718. The van der Waals surface area contributed by atoms with Crippen molar-refractivity contribution in [3.63, 3.8) is 0 Å². The van der Waals surface area contributed by atoms with Crippen LogP contribution in [0.1, 0.15) is 29.6 Å². The third kappa shape index (κ3) is 3.54. The van der Waals surface area contributed by atoms with Gasteiger partial charge in [-0.2, -0.15) is 0 Å². The number of carboxylic acid groups (broad SMARTS) is 1. The average Bonchev–Trinajstić information content (AvgIpc) is 2.46. The van der Waals surface area contributed by atoms with Gasteiger partial charge in [-0.1, -0.05) is 12.1 Å². The van der Waals surface area contributed by atoms with Gasteiger partial charge in [-0.15, -0.1) is 11.8 Å². The van der Waals surface area contributed by atoms with E-state index in [2.05, 4.69) is 0 Å². The molecule has 0 spiro atoms. The van der Waals surface area contributed by atoms with Crippen molar-refractivity contribution in [3.05, 3.63) is 29.8 Å². The molecule has 0 saturated carbocycles. The van der Waals surface area contributed by atoms with Gasteiger partial charge in [0.2, 0.25) is 0 Å². The van der Waals surface area contributed by atoms with Crippen LogP contribution in [0, 0.1) is 5.92 Å². The van der Waals surface area contributed by atoms with E-state index in [9.17, 15) is 9.59 Å². The second-order valence-electron chi connectivity index (χ2n) is 5.06. The smallest absolute Gasteiger partial charge is 0.303 e. The van der Waals surface area contributed by atoms with Crippen LogP contribution < -0.4 is 0 Å². The number of aliphatic carboxylic acids is 1. The molecule has 1 aliphatic rings. The Morgan fingerprint density at radius 2 is 2.15 bits per heavy atom. The fraction of sp³-hybridized carbons (Fsp3) is 0.467. The van der Waals surface area contributed by atoms with Gasteiger partial charge in [0, 0.05) is 24.4 Å². The maximum atomic E-state index is 12.6. The Morgan fingerprint density at radius 1 is 1.40 bits per heavy atom. The summed E-state index contributed by atoms with van der Waals surface area (Å²) in [6, 6.07) is 7.57. The normalized spacial score (nSPS) is 18.9. The Kier molecular flexibility index (Phi) is 5.06. The first-order chi connectivity index (χ1) is 9.61. The van der Waals surface area contributed by atoms with E-state index in [0.29, 0.717) is 6.54 Å². The molecule has 1 fully saturated rings. The lowest BCUT2D eigenvalue weighted by Crippen LogP contribution is -2.40. The Hall–Kier alpha value is -1.49. The number of carbonyl (C=O) groups is 2. The molecule has 1 amide bonds. The molecule has 1 saturated heterocycles. The number of hydrogen-bond donors (Lipinski definition) is 1. The Morgan fingerprint density at radius 3 is 2.85 bits per heavy atom. The third-order valence-electron chi connectivity index (χ3n) is 3.61. The van der Waals surface area contributed by atoms with E-state index in [0.717, 1.165) is 29.8 Å². The Balaban J connectivity index is 2.10. The monoisotopic (exact) mass is 293 g/mol. The van der Waals surface area contributed by atoms with Gasteiger partial charge in [0.05, 0.1) is 5.56 Å². The third-order valence-corrected chi connectivity index (χ3v) is 4.40. The van der Waals surface area contributed by atoms with Crippen LogP contribution in [0.5, 0.6) is 0 Å². The molecule has 20 heavy (non-hydrogen) atoms. The van der Waals surface area contributed by atoms with Crippen LogP contribution >= 0.6 is 11.8 Å². The fourth-order valence-corrected chi connectivity index (χ4v) is 3.24. The maximum Gasteiger partial charge on any atom is 0.303 e. The van der Waals surface area contributed by atoms with Crippen molar-refractivity contribution in [2.75, 3.05) is 19.3 Å². The van der Waals surface area contributed by atoms with Crippen molar-refractivity contribution in [1.82, 2.24) is 4.90 Å². The molecule has 5 heteroatoms. The minimum Gasteiger partial charge on any atom is -0.481 e. The molecule has 0 aliphatic carbocycles. The molecule has 0 radical (unpaired) electrons. The number of nitrogens with zero attached hydrogens (tertiary/aromatic N) is 1. The summed E-state index contributed by atoms with van der Waals surface area (Å²) in [7, 11) is 0. The van der Waals surface area contributed by atoms with E-state index >= 15 is 0 Å². The zero-order valence-electron chi connectivity index (χ0n) is 11.5. The predicted molar refractivity (Wildman–Crippen MR) is 79.1 cm³/mol. The topological polar surface area (TPSA) is 57.6 Å². The van der Waals surface area contributed by atoms with Crippen molar-refractivity contribution in [3.8, 4) is 0 Å².